The van der Waals surface area contributed by atoms with Gasteiger partial charge in [-0.15, -0.1) is 0 Å². The molecule has 0 radical (unpaired) electrons. The van der Waals surface area contributed by atoms with Crippen molar-refractivity contribution >= 4 is 11.9 Å². The number of carbonyl (C=O) groups is 1. The molecule has 2 rings (SSSR count). The van der Waals surface area contributed by atoms with Crippen LogP contribution in [0.4, 0.5) is 5.95 Å². The zero-order chi connectivity index (χ0) is 14.0. The minimum atomic E-state index is -0.172. The van der Waals surface area contributed by atoms with Gasteiger partial charge in [0.1, 0.15) is 5.69 Å². The first kappa shape index (κ1) is 13.7. The highest BCUT2D eigenvalue weighted by Gasteiger charge is 2.45. The Morgan fingerprint density at radius 1 is 1.47 bits per heavy atom. The van der Waals surface area contributed by atoms with Crippen LogP contribution in [0.1, 0.15) is 42.9 Å². The fourth-order valence-corrected chi connectivity index (χ4v) is 2.22. The van der Waals surface area contributed by atoms with Gasteiger partial charge in [-0.25, -0.2) is 15.8 Å². The second kappa shape index (κ2) is 5.13. The van der Waals surface area contributed by atoms with E-state index >= 15 is 0 Å². The van der Waals surface area contributed by atoms with Crippen LogP contribution in [-0.2, 0) is 0 Å². The minimum absolute atomic E-state index is 0.172. The average Bonchev–Trinajstić information content (AvgIpc) is 3.16. The maximum Gasteiger partial charge on any atom is 0.270 e. The predicted octanol–water partition coefficient (Wildman–Crippen LogP) is 1.24. The topological polar surface area (TPSA) is 92.9 Å². The van der Waals surface area contributed by atoms with E-state index in [0.717, 1.165) is 0 Å². The summed E-state index contributed by atoms with van der Waals surface area (Å²) in [6, 6.07) is 1.66. The van der Waals surface area contributed by atoms with E-state index in [4.69, 9.17) is 5.84 Å². The molecule has 1 aliphatic rings. The highest BCUT2D eigenvalue weighted by Crippen LogP contribution is 2.51. The smallest absolute Gasteiger partial charge is 0.270 e. The molecule has 6 heteroatoms. The summed E-state index contributed by atoms with van der Waals surface area (Å²) < 4.78 is 0. The number of carbonyl (C=O) groups excluding carboxylic acids is 1. The molecule has 1 saturated carbocycles. The summed E-state index contributed by atoms with van der Waals surface area (Å²) >= 11 is 0. The van der Waals surface area contributed by atoms with Crippen LogP contribution in [0.2, 0.25) is 0 Å². The molecule has 1 aromatic rings. The molecule has 1 aliphatic carbocycles. The van der Waals surface area contributed by atoms with Gasteiger partial charge in [-0.1, -0.05) is 13.8 Å². The molecule has 1 aromatic heterocycles. The maximum absolute atomic E-state index is 12.1. The normalized spacial score (nSPS) is 16.3. The molecule has 0 aromatic carbocycles. The van der Waals surface area contributed by atoms with Crippen molar-refractivity contribution in [3.63, 3.8) is 0 Å². The third-order valence-corrected chi connectivity index (χ3v) is 3.93. The fourth-order valence-electron chi connectivity index (χ4n) is 2.22. The molecule has 0 aliphatic heterocycles. The van der Waals surface area contributed by atoms with Crippen LogP contribution in [0.15, 0.2) is 6.07 Å². The van der Waals surface area contributed by atoms with E-state index < -0.39 is 0 Å². The lowest BCUT2D eigenvalue weighted by Gasteiger charge is -2.19. The lowest BCUT2D eigenvalue weighted by molar-refractivity contribution is 0.0934. The third-order valence-electron chi connectivity index (χ3n) is 3.93. The second-order valence-corrected chi connectivity index (χ2v) is 5.56. The van der Waals surface area contributed by atoms with Gasteiger partial charge in [-0.2, -0.15) is 0 Å². The van der Waals surface area contributed by atoms with Gasteiger partial charge >= 0.3 is 0 Å². The van der Waals surface area contributed by atoms with E-state index in [9.17, 15) is 4.79 Å². The number of aryl methyl sites for hydroxylation is 1. The van der Waals surface area contributed by atoms with Gasteiger partial charge in [0, 0.05) is 12.2 Å². The molecular weight excluding hydrogens is 242 g/mol. The Bertz CT molecular complexity index is 482. The van der Waals surface area contributed by atoms with Crippen LogP contribution in [0.3, 0.4) is 0 Å². The number of aromatic nitrogens is 2. The Balaban J connectivity index is 2.02. The van der Waals surface area contributed by atoms with E-state index in [-0.39, 0.29) is 17.3 Å². The number of nitrogens with zero attached hydrogens (tertiary/aromatic N) is 2. The van der Waals surface area contributed by atoms with Crippen molar-refractivity contribution in [3.8, 4) is 0 Å². The Hall–Kier alpha value is -1.69. The van der Waals surface area contributed by atoms with Gasteiger partial charge in [0.2, 0.25) is 5.95 Å². The summed E-state index contributed by atoms with van der Waals surface area (Å²) in [5.74, 6) is 5.95. The molecule has 1 heterocycles. The third kappa shape index (κ3) is 3.01. The number of rotatable bonds is 5. The number of nitrogens with one attached hydrogen (secondary N) is 2. The first-order chi connectivity index (χ1) is 8.97. The standard InChI is InChI=1S/C13H21N5O/c1-8(2)13(4-5-13)7-15-11(19)10-6-9(3)16-12(17-10)18-14/h6,8H,4-5,7,14H2,1-3H3,(H,15,19)(H,16,17,18). The number of nitrogens with two attached hydrogens (primary N) is 1. The number of amides is 1. The van der Waals surface area contributed by atoms with Crippen LogP contribution < -0.4 is 16.6 Å². The van der Waals surface area contributed by atoms with Gasteiger partial charge in [0.25, 0.3) is 5.91 Å². The second-order valence-electron chi connectivity index (χ2n) is 5.56. The zero-order valence-corrected chi connectivity index (χ0v) is 11.7. The first-order valence-electron chi connectivity index (χ1n) is 6.57. The molecule has 19 heavy (non-hydrogen) atoms. The molecule has 104 valence electrons. The molecule has 0 unspecified atom stereocenters. The monoisotopic (exact) mass is 263 g/mol. The van der Waals surface area contributed by atoms with Crippen LogP contribution in [0.5, 0.6) is 0 Å². The molecule has 1 amide bonds. The lowest BCUT2D eigenvalue weighted by atomic mass is 9.92. The minimum Gasteiger partial charge on any atom is -0.350 e. The molecule has 0 bridgehead atoms. The fraction of sp³-hybridized carbons (Fsp3) is 0.615. The molecule has 0 atom stereocenters. The van der Waals surface area contributed by atoms with Crippen molar-refractivity contribution in [3.05, 3.63) is 17.5 Å². The van der Waals surface area contributed by atoms with Crippen molar-refractivity contribution < 1.29 is 4.79 Å². The summed E-state index contributed by atoms with van der Waals surface area (Å²) in [5, 5.41) is 2.96. The molecule has 0 spiro atoms. The number of hydrogen-bond donors (Lipinski definition) is 3. The Morgan fingerprint density at radius 2 is 2.16 bits per heavy atom. The first-order valence-corrected chi connectivity index (χ1v) is 6.57. The summed E-state index contributed by atoms with van der Waals surface area (Å²) in [6.45, 7) is 6.91. The number of hydrazine groups is 1. The van der Waals surface area contributed by atoms with Crippen molar-refractivity contribution in [1.82, 2.24) is 15.3 Å². The van der Waals surface area contributed by atoms with E-state index in [1.165, 1.54) is 12.8 Å². The Morgan fingerprint density at radius 3 is 2.68 bits per heavy atom. The molecule has 1 fully saturated rings. The largest absolute Gasteiger partial charge is 0.350 e. The van der Waals surface area contributed by atoms with Crippen LogP contribution in [-0.4, -0.2) is 22.4 Å². The lowest BCUT2D eigenvalue weighted by Crippen LogP contribution is -2.33. The molecule has 4 N–H and O–H groups in total. The quantitative estimate of drug-likeness (QED) is 0.549. The van der Waals surface area contributed by atoms with Gasteiger partial charge in [0.05, 0.1) is 0 Å². The summed E-state index contributed by atoms with van der Waals surface area (Å²) in [4.78, 5) is 20.2. The van der Waals surface area contributed by atoms with Gasteiger partial charge in [0.15, 0.2) is 0 Å². The zero-order valence-electron chi connectivity index (χ0n) is 11.7. The van der Waals surface area contributed by atoms with E-state index in [1.807, 2.05) is 0 Å². The Labute approximate surface area is 113 Å². The number of nitrogen functional groups attached to an aromatic ring is 1. The van der Waals surface area contributed by atoms with E-state index in [2.05, 4.69) is 34.6 Å². The predicted molar refractivity (Wildman–Crippen MR) is 73.4 cm³/mol. The number of hydrogen-bond acceptors (Lipinski definition) is 5. The van der Waals surface area contributed by atoms with Crippen LogP contribution in [0, 0.1) is 18.3 Å². The molecule has 0 saturated heterocycles. The number of anilines is 1. The van der Waals surface area contributed by atoms with Crippen molar-refractivity contribution in [2.24, 2.45) is 17.2 Å². The Kier molecular flexibility index (Phi) is 3.71. The van der Waals surface area contributed by atoms with Crippen LogP contribution >= 0.6 is 0 Å². The molecule has 6 nitrogen and oxygen atoms in total. The van der Waals surface area contributed by atoms with Gasteiger partial charge in [-0.05, 0) is 37.2 Å². The van der Waals surface area contributed by atoms with Gasteiger partial charge < -0.3 is 5.32 Å². The van der Waals surface area contributed by atoms with Gasteiger partial charge in [-0.3, -0.25) is 10.2 Å². The summed E-state index contributed by atoms with van der Waals surface area (Å²) in [6.07, 6.45) is 2.37. The van der Waals surface area contributed by atoms with E-state index in [1.54, 1.807) is 13.0 Å². The highest BCUT2D eigenvalue weighted by molar-refractivity contribution is 5.92. The summed E-state index contributed by atoms with van der Waals surface area (Å²) in [5.41, 5.74) is 3.70. The average molecular weight is 263 g/mol. The van der Waals surface area contributed by atoms with Crippen molar-refractivity contribution in [2.75, 3.05) is 12.0 Å². The van der Waals surface area contributed by atoms with Crippen molar-refractivity contribution in [2.45, 2.75) is 33.6 Å². The van der Waals surface area contributed by atoms with Crippen molar-refractivity contribution in [1.29, 1.82) is 0 Å². The SMILES string of the molecule is Cc1cc(C(=O)NCC2(C(C)C)CC2)nc(NN)n1. The van der Waals surface area contributed by atoms with Crippen LogP contribution in [0.25, 0.3) is 0 Å². The molecular formula is C13H21N5O. The van der Waals surface area contributed by atoms with E-state index in [0.29, 0.717) is 23.9 Å². The highest BCUT2D eigenvalue weighted by atomic mass is 16.1. The maximum atomic E-state index is 12.1. The summed E-state index contributed by atoms with van der Waals surface area (Å²) in [7, 11) is 0.